The number of carbonyl (C=O) groups excluding carboxylic acids is 1. The molecule has 168 valence electrons. The quantitative estimate of drug-likeness (QED) is 0.443. The van der Waals surface area contributed by atoms with Crippen LogP contribution in [0.25, 0.3) is 0 Å². The fraction of sp³-hybridized carbons (Fsp3) is 0.174. The van der Waals surface area contributed by atoms with Gasteiger partial charge in [-0.1, -0.05) is 65.7 Å². The summed E-state index contributed by atoms with van der Waals surface area (Å²) in [5.74, 6) is -0.0507. The van der Waals surface area contributed by atoms with E-state index in [2.05, 4.69) is 10.0 Å². The minimum Gasteiger partial charge on any atom is -0.492 e. The smallest absolute Gasteiger partial charge is 0.243 e. The van der Waals surface area contributed by atoms with Gasteiger partial charge in [0.2, 0.25) is 15.9 Å². The molecule has 0 aliphatic carbocycles. The molecule has 0 aliphatic rings. The normalized spacial score (nSPS) is 12.2. The number of para-hydroxylation sites is 2. The molecule has 9 heteroatoms. The Morgan fingerprint density at radius 3 is 2.41 bits per heavy atom. The Labute approximate surface area is 197 Å². The zero-order valence-electron chi connectivity index (χ0n) is 17.2. The highest BCUT2D eigenvalue weighted by atomic mass is 35.5. The maximum absolute atomic E-state index is 13.2. The van der Waals surface area contributed by atoms with Crippen molar-refractivity contribution in [2.24, 2.45) is 0 Å². The first-order valence-corrected chi connectivity index (χ1v) is 12.1. The van der Waals surface area contributed by atoms with Crippen molar-refractivity contribution >= 4 is 44.8 Å². The number of benzene rings is 3. The van der Waals surface area contributed by atoms with Gasteiger partial charge in [0.1, 0.15) is 16.7 Å². The number of anilines is 1. The van der Waals surface area contributed by atoms with Crippen LogP contribution in [0.4, 0.5) is 5.69 Å². The molecular formula is C23H22Cl2N2O4S. The Morgan fingerprint density at radius 2 is 1.69 bits per heavy atom. The van der Waals surface area contributed by atoms with E-state index in [1.807, 2.05) is 37.3 Å². The second kappa shape index (κ2) is 10.8. The monoisotopic (exact) mass is 492 g/mol. The third-order valence-electron chi connectivity index (χ3n) is 4.52. The summed E-state index contributed by atoms with van der Waals surface area (Å²) in [4.78, 5) is 13.0. The number of carbonyl (C=O) groups is 1. The van der Waals surface area contributed by atoms with E-state index in [1.165, 1.54) is 18.2 Å². The molecule has 0 spiro atoms. The summed E-state index contributed by atoms with van der Waals surface area (Å²) in [6.07, 6.45) is 0.126. The van der Waals surface area contributed by atoms with Crippen molar-refractivity contribution in [3.05, 3.63) is 88.4 Å². The maximum atomic E-state index is 13.2. The maximum Gasteiger partial charge on any atom is 0.243 e. The largest absolute Gasteiger partial charge is 0.492 e. The van der Waals surface area contributed by atoms with E-state index in [0.717, 1.165) is 5.56 Å². The van der Waals surface area contributed by atoms with Gasteiger partial charge >= 0.3 is 0 Å². The van der Waals surface area contributed by atoms with Gasteiger partial charge in [-0.3, -0.25) is 4.79 Å². The Morgan fingerprint density at radius 1 is 1.00 bits per heavy atom. The fourth-order valence-electron chi connectivity index (χ4n) is 3.04. The molecule has 0 fully saturated rings. The average molecular weight is 493 g/mol. The predicted octanol–water partition coefficient (Wildman–Crippen LogP) is 4.92. The van der Waals surface area contributed by atoms with Gasteiger partial charge in [0, 0.05) is 5.02 Å². The number of amides is 1. The topological polar surface area (TPSA) is 84.5 Å². The summed E-state index contributed by atoms with van der Waals surface area (Å²) in [6, 6.07) is 19.1. The molecule has 32 heavy (non-hydrogen) atoms. The number of nitrogens with one attached hydrogen (secondary N) is 2. The van der Waals surface area contributed by atoms with E-state index >= 15 is 0 Å². The summed E-state index contributed by atoms with van der Waals surface area (Å²) in [5.41, 5.74) is 1.23. The van der Waals surface area contributed by atoms with Gasteiger partial charge in [-0.25, -0.2) is 8.42 Å². The third kappa shape index (κ3) is 6.23. The zero-order valence-corrected chi connectivity index (χ0v) is 19.5. The number of hydrogen-bond acceptors (Lipinski definition) is 4. The molecule has 0 radical (unpaired) electrons. The summed E-state index contributed by atoms with van der Waals surface area (Å²) in [7, 11) is -4.15. The van der Waals surface area contributed by atoms with Crippen LogP contribution in [0, 0.1) is 0 Å². The summed E-state index contributed by atoms with van der Waals surface area (Å²) in [6.45, 7) is 2.25. The van der Waals surface area contributed by atoms with E-state index in [9.17, 15) is 13.2 Å². The van der Waals surface area contributed by atoms with Crippen molar-refractivity contribution in [1.29, 1.82) is 0 Å². The molecule has 6 nitrogen and oxygen atoms in total. The molecular weight excluding hydrogens is 471 g/mol. The minimum atomic E-state index is -4.15. The van der Waals surface area contributed by atoms with Gasteiger partial charge < -0.3 is 10.1 Å². The predicted molar refractivity (Wildman–Crippen MR) is 127 cm³/mol. The van der Waals surface area contributed by atoms with Crippen molar-refractivity contribution in [2.45, 2.75) is 24.3 Å². The first-order valence-electron chi connectivity index (χ1n) is 9.84. The van der Waals surface area contributed by atoms with Crippen LogP contribution < -0.4 is 14.8 Å². The minimum absolute atomic E-state index is 0.00228. The SMILES string of the molecule is CCOc1ccccc1NC(=O)[C@H](Cc1ccccc1)NS(=O)(=O)c1cc(Cl)ccc1Cl. The van der Waals surface area contributed by atoms with Gasteiger partial charge in [-0.2, -0.15) is 4.72 Å². The fourth-order valence-corrected chi connectivity index (χ4v) is 5.00. The van der Waals surface area contributed by atoms with Gasteiger partial charge in [-0.15, -0.1) is 0 Å². The molecule has 1 atom stereocenters. The lowest BCUT2D eigenvalue weighted by Crippen LogP contribution is -2.45. The lowest BCUT2D eigenvalue weighted by molar-refractivity contribution is -0.117. The van der Waals surface area contributed by atoms with E-state index in [4.69, 9.17) is 27.9 Å². The first-order chi connectivity index (χ1) is 15.3. The molecule has 3 rings (SSSR count). The van der Waals surface area contributed by atoms with Crippen LogP contribution in [0.3, 0.4) is 0 Å². The number of ether oxygens (including phenoxy) is 1. The zero-order chi connectivity index (χ0) is 23.1. The van der Waals surface area contributed by atoms with Gasteiger partial charge in [-0.05, 0) is 49.2 Å². The molecule has 0 unspecified atom stereocenters. The van der Waals surface area contributed by atoms with Crippen LogP contribution >= 0.6 is 23.2 Å². The number of rotatable bonds is 9. The summed E-state index contributed by atoms with van der Waals surface area (Å²) >= 11 is 12.1. The van der Waals surface area contributed by atoms with Crippen molar-refractivity contribution in [3.63, 3.8) is 0 Å². The Kier molecular flexibility index (Phi) is 8.15. The van der Waals surface area contributed by atoms with Gasteiger partial charge in [0.05, 0.1) is 17.3 Å². The van der Waals surface area contributed by atoms with Crippen LogP contribution in [0.1, 0.15) is 12.5 Å². The Balaban J connectivity index is 1.91. The first kappa shape index (κ1) is 24.1. The highest BCUT2D eigenvalue weighted by Crippen LogP contribution is 2.26. The molecule has 0 aromatic heterocycles. The van der Waals surface area contributed by atoms with Crippen molar-refractivity contribution < 1.29 is 17.9 Å². The summed E-state index contributed by atoms with van der Waals surface area (Å²) in [5, 5.41) is 2.98. The second-order valence-corrected chi connectivity index (χ2v) is 9.38. The van der Waals surface area contributed by atoms with Crippen molar-refractivity contribution in [3.8, 4) is 5.75 Å². The Hall–Kier alpha value is -2.58. The third-order valence-corrected chi connectivity index (χ3v) is 6.71. The van der Waals surface area contributed by atoms with Crippen LogP contribution in [-0.4, -0.2) is 27.0 Å². The molecule has 0 heterocycles. The molecule has 3 aromatic carbocycles. The van der Waals surface area contributed by atoms with E-state index in [-0.39, 0.29) is 21.4 Å². The Bertz CT molecular complexity index is 1190. The lowest BCUT2D eigenvalue weighted by atomic mass is 10.1. The molecule has 1 amide bonds. The molecule has 3 aromatic rings. The second-order valence-electron chi connectivity index (χ2n) is 6.86. The number of sulfonamides is 1. The van der Waals surface area contributed by atoms with Gasteiger partial charge in [0.25, 0.3) is 0 Å². The molecule has 0 saturated heterocycles. The van der Waals surface area contributed by atoms with Crippen molar-refractivity contribution in [1.82, 2.24) is 4.72 Å². The number of hydrogen-bond donors (Lipinski definition) is 2. The highest BCUT2D eigenvalue weighted by molar-refractivity contribution is 7.89. The highest BCUT2D eigenvalue weighted by Gasteiger charge is 2.28. The van der Waals surface area contributed by atoms with E-state index in [1.54, 1.807) is 24.3 Å². The number of halogens is 2. The van der Waals surface area contributed by atoms with Crippen LogP contribution in [0.15, 0.2) is 77.7 Å². The van der Waals surface area contributed by atoms with Crippen molar-refractivity contribution in [2.75, 3.05) is 11.9 Å². The lowest BCUT2D eigenvalue weighted by Gasteiger charge is -2.20. The molecule has 0 saturated carbocycles. The van der Waals surface area contributed by atoms with Crippen LogP contribution in [-0.2, 0) is 21.2 Å². The summed E-state index contributed by atoms with van der Waals surface area (Å²) < 4.78 is 34.2. The standard InChI is InChI=1S/C23H22Cl2N2O4S/c1-2-31-21-11-7-6-10-19(21)26-23(28)20(14-16-8-4-3-5-9-16)27-32(29,30)22-15-17(24)12-13-18(22)25/h3-13,15,20,27H,2,14H2,1H3,(H,26,28)/t20-/m0/s1. The van der Waals surface area contributed by atoms with Gasteiger partial charge in [0.15, 0.2) is 0 Å². The molecule has 0 bridgehead atoms. The van der Waals surface area contributed by atoms with Crippen LogP contribution in [0.5, 0.6) is 5.75 Å². The van der Waals surface area contributed by atoms with E-state index in [0.29, 0.717) is 18.0 Å². The average Bonchev–Trinajstić information content (AvgIpc) is 2.77. The molecule has 2 N–H and O–H groups in total. The van der Waals surface area contributed by atoms with Crippen LogP contribution in [0.2, 0.25) is 10.0 Å². The molecule has 0 aliphatic heterocycles. The van der Waals surface area contributed by atoms with E-state index < -0.39 is 22.0 Å².